The van der Waals surface area contributed by atoms with E-state index in [1.807, 2.05) is 20.8 Å². The zero-order valence-corrected chi connectivity index (χ0v) is 17.1. The third kappa shape index (κ3) is 22.6. The van der Waals surface area contributed by atoms with Crippen LogP contribution in [-0.4, -0.2) is 75.4 Å². The van der Waals surface area contributed by atoms with Crippen molar-refractivity contribution in [3.05, 3.63) is 0 Å². The highest BCUT2D eigenvalue weighted by atomic mass is 32.1. The molecular weight excluding hydrogens is 378 g/mol. The van der Waals surface area contributed by atoms with Crippen LogP contribution in [0.1, 0.15) is 40.0 Å². The first-order valence-corrected chi connectivity index (χ1v) is 9.22. The van der Waals surface area contributed by atoms with E-state index in [2.05, 4.69) is 17.9 Å². The molecule has 0 rings (SSSR count). The zero-order valence-electron chi connectivity index (χ0n) is 16.2. The van der Waals surface area contributed by atoms with Gasteiger partial charge >= 0.3 is 17.9 Å². The van der Waals surface area contributed by atoms with Crippen LogP contribution in [0.15, 0.2) is 0 Å². The number of hydrogen-bond donors (Lipinski definition) is 8. The van der Waals surface area contributed by atoms with Gasteiger partial charge in [0.1, 0.15) is 18.1 Å². The number of carboxylic acids is 3. The maximum atomic E-state index is 10.4. The Bertz CT molecular complexity index is 411. The van der Waals surface area contributed by atoms with Crippen molar-refractivity contribution in [2.24, 2.45) is 17.4 Å². The molecule has 3 atom stereocenters. The Balaban J connectivity index is -0.000000329. The van der Waals surface area contributed by atoms with E-state index >= 15 is 0 Å². The van der Waals surface area contributed by atoms with Crippen molar-refractivity contribution in [1.29, 1.82) is 0 Å². The van der Waals surface area contributed by atoms with Gasteiger partial charge in [0.15, 0.2) is 0 Å². The second-order valence-corrected chi connectivity index (χ2v) is 6.42. The molecule has 27 heavy (non-hydrogen) atoms. The highest BCUT2D eigenvalue weighted by Gasteiger charge is 2.14. The first kappa shape index (κ1) is 30.3. The monoisotopic (exact) mass is 413 g/mol. The van der Waals surface area contributed by atoms with Gasteiger partial charge in [0.05, 0.1) is 0 Å². The Hall–Kier alpha value is -1.40. The molecule has 0 spiro atoms. The zero-order chi connectivity index (χ0) is 22.0. The summed E-state index contributed by atoms with van der Waals surface area (Å²) in [5.74, 6) is -2.27. The lowest BCUT2D eigenvalue weighted by atomic mass is 10.1. The van der Waals surface area contributed by atoms with Crippen LogP contribution in [0.5, 0.6) is 0 Å². The molecule has 11 heteroatoms. The SMILES string of the molecule is CC(C)CC(N)C(=O)O.CCCNC(CCO)C(=O)O.NC(CS)C(=O)O. The van der Waals surface area contributed by atoms with Crippen molar-refractivity contribution in [2.45, 2.75) is 58.2 Å². The number of aliphatic hydroxyl groups excluding tert-OH is 1. The van der Waals surface area contributed by atoms with Crippen molar-refractivity contribution in [3.63, 3.8) is 0 Å². The Kier molecular flexibility index (Phi) is 21.8. The van der Waals surface area contributed by atoms with E-state index in [9.17, 15) is 14.4 Å². The standard InChI is InChI=1S/C7H15NO3.C6H13NO2.C3H7NO2S/c1-2-4-8-6(3-5-9)7(10)11;1-4(2)3-5(7)6(8)9;4-2(1-7)3(5)6/h6,8-9H,2-5H2,1H3,(H,10,11);4-5H,3,7H2,1-2H3,(H,8,9);2,7H,1,4H2,(H,5,6). The lowest BCUT2D eigenvalue weighted by Crippen LogP contribution is -2.37. The number of nitrogens with one attached hydrogen (secondary N) is 1. The number of rotatable bonds is 11. The molecule has 0 aromatic heterocycles. The highest BCUT2D eigenvalue weighted by Crippen LogP contribution is 2.01. The van der Waals surface area contributed by atoms with Gasteiger partial charge in [0.2, 0.25) is 0 Å². The molecule has 0 bridgehead atoms. The van der Waals surface area contributed by atoms with E-state index in [0.29, 0.717) is 18.9 Å². The molecule has 0 saturated carbocycles. The van der Waals surface area contributed by atoms with E-state index in [0.717, 1.165) is 6.42 Å². The van der Waals surface area contributed by atoms with Gasteiger partial charge in [-0.2, -0.15) is 12.6 Å². The maximum absolute atomic E-state index is 10.4. The van der Waals surface area contributed by atoms with Crippen molar-refractivity contribution in [2.75, 3.05) is 18.9 Å². The Morgan fingerprint density at radius 3 is 1.67 bits per heavy atom. The van der Waals surface area contributed by atoms with Gasteiger partial charge in [-0.15, -0.1) is 0 Å². The normalized spacial score (nSPS) is 13.3. The van der Waals surface area contributed by atoms with Crippen LogP contribution in [0.3, 0.4) is 0 Å². The molecule has 0 aliphatic carbocycles. The van der Waals surface area contributed by atoms with E-state index in [-0.39, 0.29) is 18.8 Å². The Labute approximate surface area is 165 Å². The Morgan fingerprint density at radius 2 is 1.48 bits per heavy atom. The quantitative estimate of drug-likeness (QED) is 0.206. The summed E-state index contributed by atoms with van der Waals surface area (Å²) in [6.45, 7) is 6.45. The number of hydrogen-bond acceptors (Lipinski definition) is 8. The van der Waals surface area contributed by atoms with Crippen molar-refractivity contribution >= 4 is 30.5 Å². The van der Waals surface area contributed by atoms with Crippen LogP contribution in [-0.2, 0) is 14.4 Å². The van der Waals surface area contributed by atoms with Crippen LogP contribution in [0.2, 0.25) is 0 Å². The molecule has 0 saturated heterocycles. The van der Waals surface area contributed by atoms with E-state index in [4.69, 9.17) is 31.9 Å². The maximum Gasteiger partial charge on any atom is 0.321 e. The second-order valence-electron chi connectivity index (χ2n) is 6.06. The number of thiol groups is 1. The third-order valence-electron chi connectivity index (χ3n) is 2.91. The van der Waals surface area contributed by atoms with E-state index < -0.39 is 36.0 Å². The summed E-state index contributed by atoms with van der Waals surface area (Å²) >= 11 is 3.65. The van der Waals surface area contributed by atoms with E-state index in [1.165, 1.54) is 0 Å². The molecule has 0 amide bonds. The fourth-order valence-corrected chi connectivity index (χ4v) is 1.60. The molecule has 0 aromatic rings. The predicted octanol–water partition coefficient (Wildman–Crippen LogP) is -0.406. The molecule has 0 aliphatic rings. The summed E-state index contributed by atoms with van der Waals surface area (Å²) < 4.78 is 0. The van der Waals surface area contributed by atoms with Crippen LogP contribution >= 0.6 is 12.6 Å². The molecule has 3 unspecified atom stereocenters. The van der Waals surface area contributed by atoms with Crippen LogP contribution in [0.25, 0.3) is 0 Å². The largest absolute Gasteiger partial charge is 0.480 e. The molecule has 0 aliphatic heterocycles. The summed E-state index contributed by atoms with van der Waals surface area (Å²) in [6.07, 6.45) is 1.72. The number of aliphatic carboxylic acids is 3. The molecule has 0 aromatic carbocycles. The topological polar surface area (TPSA) is 196 Å². The first-order chi connectivity index (χ1) is 12.4. The van der Waals surface area contributed by atoms with Gasteiger partial charge < -0.3 is 37.2 Å². The van der Waals surface area contributed by atoms with E-state index in [1.54, 1.807) is 0 Å². The third-order valence-corrected chi connectivity index (χ3v) is 3.31. The fourth-order valence-electron chi connectivity index (χ4n) is 1.45. The molecule has 9 N–H and O–H groups in total. The average Bonchev–Trinajstić information content (AvgIpc) is 2.57. The second kappa shape index (κ2) is 19.4. The number of aliphatic hydroxyl groups is 1. The van der Waals surface area contributed by atoms with Gasteiger partial charge in [-0.05, 0) is 31.7 Å². The molecule has 0 radical (unpaired) electrons. The van der Waals surface area contributed by atoms with Crippen LogP contribution < -0.4 is 16.8 Å². The van der Waals surface area contributed by atoms with Gasteiger partial charge in [-0.3, -0.25) is 14.4 Å². The fraction of sp³-hybridized carbons (Fsp3) is 0.812. The van der Waals surface area contributed by atoms with Gasteiger partial charge in [0.25, 0.3) is 0 Å². The molecule has 162 valence electrons. The summed E-state index contributed by atoms with van der Waals surface area (Å²) in [4.78, 5) is 30.3. The molecule has 0 fully saturated rings. The minimum Gasteiger partial charge on any atom is -0.480 e. The van der Waals surface area contributed by atoms with Crippen LogP contribution in [0.4, 0.5) is 0 Å². The van der Waals surface area contributed by atoms with Gasteiger partial charge in [-0.1, -0.05) is 20.8 Å². The minimum atomic E-state index is -1.00. The molecule has 10 nitrogen and oxygen atoms in total. The number of carbonyl (C=O) groups is 3. The predicted molar refractivity (Wildman–Crippen MR) is 106 cm³/mol. The summed E-state index contributed by atoms with van der Waals surface area (Å²) in [6, 6.07) is -2.10. The minimum absolute atomic E-state index is 0.0896. The summed E-state index contributed by atoms with van der Waals surface area (Å²) in [5, 5.41) is 36.2. The van der Waals surface area contributed by atoms with Crippen molar-refractivity contribution in [3.8, 4) is 0 Å². The Morgan fingerprint density at radius 1 is 1.00 bits per heavy atom. The molecular formula is C16H35N3O7S. The van der Waals surface area contributed by atoms with Gasteiger partial charge in [-0.25, -0.2) is 0 Å². The van der Waals surface area contributed by atoms with Crippen LogP contribution in [0, 0.1) is 5.92 Å². The highest BCUT2D eigenvalue weighted by molar-refractivity contribution is 7.80. The average molecular weight is 414 g/mol. The number of carboxylic acid groups (broad SMARTS) is 3. The lowest BCUT2D eigenvalue weighted by Gasteiger charge is -2.11. The van der Waals surface area contributed by atoms with Crippen molar-refractivity contribution in [1.82, 2.24) is 5.32 Å². The lowest BCUT2D eigenvalue weighted by molar-refractivity contribution is -0.140. The van der Waals surface area contributed by atoms with Crippen molar-refractivity contribution < 1.29 is 34.8 Å². The first-order valence-electron chi connectivity index (χ1n) is 8.59. The number of nitrogens with two attached hydrogens (primary N) is 2. The molecule has 0 heterocycles. The summed E-state index contributed by atoms with van der Waals surface area (Å²) in [7, 11) is 0. The smallest absolute Gasteiger partial charge is 0.321 e. The summed E-state index contributed by atoms with van der Waals surface area (Å²) in [5.41, 5.74) is 10.2. The van der Waals surface area contributed by atoms with Gasteiger partial charge in [0, 0.05) is 12.4 Å².